The highest BCUT2D eigenvalue weighted by Crippen LogP contribution is 2.30. The quantitative estimate of drug-likeness (QED) is 0.0471. The van der Waals surface area contributed by atoms with Crippen LogP contribution in [0.4, 0.5) is 11.5 Å². The summed E-state index contributed by atoms with van der Waals surface area (Å²) in [6, 6.07) is 12.3. The molecule has 1 aromatic carbocycles. The first-order valence-corrected chi connectivity index (χ1v) is 22.6. The maximum atomic E-state index is 13.9. The van der Waals surface area contributed by atoms with E-state index in [1.165, 1.54) is 6.07 Å². The van der Waals surface area contributed by atoms with Crippen molar-refractivity contribution in [2.75, 3.05) is 82.2 Å². The first kappa shape index (κ1) is 46.4. The van der Waals surface area contributed by atoms with E-state index in [0.29, 0.717) is 95.0 Å². The molecule has 3 aromatic heterocycles. The van der Waals surface area contributed by atoms with E-state index < -0.39 is 5.54 Å². The van der Waals surface area contributed by atoms with Crippen molar-refractivity contribution in [3.8, 4) is 0 Å². The number of piperidine rings is 1. The third-order valence-corrected chi connectivity index (χ3v) is 12.4. The van der Waals surface area contributed by atoms with E-state index in [-0.39, 0.29) is 47.1 Å². The molecule has 0 radical (unpaired) electrons. The first-order chi connectivity index (χ1) is 31.0. The summed E-state index contributed by atoms with van der Waals surface area (Å²) in [4.78, 5) is 74.5. The number of halogens is 2. The minimum atomic E-state index is -1.02. The van der Waals surface area contributed by atoms with Crippen LogP contribution in [0.1, 0.15) is 67.0 Å². The average molecular weight is 919 g/mol. The Labute approximate surface area is 382 Å². The number of carbonyl (C=O) groups is 4. The molecule has 1 atom stereocenters. The second kappa shape index (κ2) is 22.4. The molecule has 2 fully saturated rings. The van der Waals surface area contributed by atoms with Crippen LogP contribution in [0.3, 0.4) is 0 Å². The summed E-state index contributed by atoms with van der Waals surface area (Å²) in [6.45, 7) is 6.43. The molecule has 4 aromatic rings. The van der Waals surface area contributed by atoms with Crippen molar-refractivity contribution in [2.24, 2.45) is 5.73 Å². The fraction of sp³-hybridized carbons (Fsp3) is 0.465. The predicted octanol–water partition coefficient (Wildman–Crippen LogP) is 2.66. The molecule has 0 saturated carbocycles. The van der Waals surface area contributed by atoms with E-state index in [1.807, 2.05) is 52.6 Å². The predicted molar refractivity (Wildman–Crippen MR) is 246 cm³/mol. The lowest BCUT2D eigenvalue weighted by Gasteiger charge is -2.39. The number of anilines is 2. The Bertz CT molecular complexity index is 2240. The number of fused-ring (bicyclic) bond motifs is 1. The third-order valence-electron chi connectivity index (χ3n) is 11.8. The lowest BCUT2D eigenvalue weighted by atomic mass is 9.87. The molecule has 4 amide bonds. The molecule has 3 aliphatic heterocycles. The van der Waals surface area contributed by atoms with E-state index >= 15 is 0 Å². The maximum Gasteiger partial charge on any atom is 0.269 e. The molecular weight excluding hydrogens is 861 g/mol. The molecule has 0 unspecified atom stereocenters. The van der Waals surface area contributed by atoms with E-state index in [1.54, 1.807) is 18.6 Å². The third kappa shape index (κ3) is 12.6. The molecule has 0 spiro atoms. The van der Waals surface area contributed by atoms with Gasteiger partial charge in [0.25, 0.3) is 5.91 Å². The zero-order valence-corrected chi connectivity index (χ0v) is 37.3. The molecule has 64 heavy (non-hydrogen) atoms. The standard InChI is InChI=1S/C43H57Cl2N15O4/c44-31-7-5-30(6-8-31)33(55-42(64)43(46)13-20-59(21-14-43)40-32-11-16-48-39(32)50-29-51-40)12-19-57-24-26-58(27-25-57)37(62)4-2-1-3-15-49-41(63)35-10-9-34(38(45)54-35)53-36(61)28-47-17-22-60-23-18-52-56-60/h5-11,16,18,23,29,33,47,52,56H,1-4,12-15,17,19-22,24-28,46H2,(H,49,63)(H,53,61)(H,55,64)(H,48,50,51)/t33-/m0/s1. The molecule has 2 saturated heterocycles. The van der Waals surface area contributed by atoms with Crippen molar-refractivity contribution < 1.29 is 19.2 Å². The monoisotopic (exact) mass is 917 g/mol. The van der Waals surface area contributed by atoms with Crippen LogP contribution in [0, 0.1) is 0 Å². The summed E-state index contributed by atoms with van der Waals surface area (Å²) >= 11 is 12.5. The summed E-state index contributed by atoms with van der Waals surface area (Å²) < 4.78 is 0. The smallest absolute Gasteiger partial charge is 0.269 e. The van der Waals surface area contributed by atoms with Gasteiger partial charge in [-0.05, 0) is 68.0 Å². The Balaban J connectivity index is 0.776. The van der Waals surface area contributed by atoms with Gasteiger partial charge in [0.05, 0.1) is 29.2 Å². The number of benzene rings is 1. The van der Waals surface area contributed by atoms with Crippen molar-refractivity contribution in [3.05, 3.63) is 88.8 Å². The molecule has 0 aliphatic carbocycles. The number of aromatic amines is 1. The molecule has 7 rings (SSSR count). The van der Waals surface area contributed by atoms with E-state index in [4.69, 9.17) is 28.9 Å². The molecule has 19 nitrogen and oxygen atoms in total. The van der Waals surface area contributed by atoms with Gasteiger partial charge in [0, 0.05) is 95.5 Å². The number of rotatable bonds is 20. The number of nitrogens with one attached hydrogen (secondary N) is 7. The SMILES string of the molecule is NC1(C(=O)N[C@@H](CCN2CCN(C(=O)CCCCCNC(=O)c3ccc(NC(=O)CNCCN4C=CNN4)c(Cl)n3)CC2)c2ccc(Cl)cc2)CCN(c2ncnc3[nH]ccc23)CC1. The zero-order valence-electron chi connectivity index (χ0n) is 35.8. The summed E-state index contributed by atoms with van der Waals surface area (Å²) in [5.74, 6) is 0.149. The van der Waals surface area contributed by atoms with Gasteiger partial charge < -0.3 is 47.2 Å². The number of H-pyrrole nitrogens is 1. The summed E-state index contributed by atoms with van der Waals surface area (Å²) in [7, 11) is 0. The largest absolute Gasteiger partial charge is 0.356 e. The average Bonchev–Trinajstić information content (AvgIpc) is 4.02. The number of hydrogen-bond donors (Lipinski definition) is 8. The van der Waals surface area contributed by atoms with Crippen LogP contribution in [0.15, 0.2) is 67.4 Å². The van der Waals surface area contributed by atoms with Gasteiger partial charge >= 0.3 is 0 Å². The number of carbonyl (C=O) groups excluding carboxylic acids is 4. The van der Waals surface area contributed by atoms with Gasteiger partial charge in [-0.25, -0.2) is 15.0 Å². The van der Waals surface area contributed by atoms with E-state index in [2.05, 4.69) is 62.0 Å². The molecule has 3 aliphatic rings. The number of piperazine rings is 1. The summed E-state index contributed by atoms with van der Waals surface area (Å²) in [5, 5.41) is 15.3. The molecule has 342 valence electrons. The highest BCUT2D eigenvalue weighted by Gasteiger charge is 2.39. The topological polar surface area (TPSA) is 234 Å². The van der Waals surface area contributed by atoms with E-state index in [9.17, 15) is 19.2 Å². The Morgan fingerprint density at radius 1 is 0.891 bits per heavy atom. The molecule has 21 heteroatoms. The summed E-state index contributed by atoms with van der Waals surface area (Å²) in [5.41, 5.74) is 13.8. The Kier molecular flexibility index (Phi) is 16.2. The number of nitrogens with two attached hydrogens (primary N) is 1. The fourth-order valence-electron chi connectivity index (χ4n) is 8.00. The van der Waals surface area contributed by atoms with Gasteiger partial charge in [-0.1, -0.05) is 41.8 Å². The molecule has 9 N–H and O–H groups in total. The van der Waals surface area contributed by atoms with Crippen LogP contribution in [-0.2, 0) is 14.4 Å². The number of hydrazine groups is 2. The van der Waals surface area contributed by atoms with E-state index in [0.717, 1.165) is 48.5 Å². The van der Waals surface area contributed by atoms with Crippen molar-refractivity contribution in [1.82, 2.24) is 61.7 Å². The van der Waals surface area contributed by atoms with Crippen LogP contribution in [0.2, 0.25) is 10.2 Å². The number of nitrogens with zero attached hydrogens (tertiary/aromatic N) is 7. The Hall–Kier alpha value is -5.57. The van der Waals surface area contributed by atoms with Gasteiger partial charge in [-0.3, -0.25) is 29.1 Å². The lowest BCUT2D eigenvalue weighted by molar-refractivity contribution is -0.133. The second-order valence-corrected chi connectivity index (χ2v) is 17.1. The van der Waals surface area contributed by atoms with Gasteiger partial charge in [-0.2, -0.15) is 0 Å². The number of amides is 4. The molecule has 0 bridgehead atoms. The molecular formula is C43H57Cl2N15O4. The van der Waals surface area contributed by atoms with Gasteiger partial charge in [0.1, 0.15) is 23.5 Å². The number of aromatic nitrogens is 4. The Morgan fingerprint density at radius 3 is 2.44 bits per heavy atom. The van der Waals surface area contributed by atoms with Gasteiger partial charge in [0.15, 0.2) is 5.15 Å². The van der Waals surface area contributed by atoms with Crippen LogP contribution in [0.5, 0.6) is 0 Å². The van der Waals surface area contributed by atoms with Gasteiger partial charge in [-0.15, -0.1) is 5.53 Å². The number of hydrogen-bond acceptors (Lipinski definition) is 14. The van der Waals surface area contributed by atoms with Crippen LogP contribution in [0.25, 0.3) is 11.0 Å². The van der Waals surface area contributed by atoms with Crippen LogP contribution >= 0.6 is 23.2 Å². The maximum absolute atomic E-state index is 13.9. The van der Waals surface area contributed by atoms with Crippen molar-refractivity contribution in [3.63, 3.8) is 0 Å². The lowest BCUT2D eigenvalue weighted by Crippen LogP contribution is -2.60. The van der Waals surface area contributed by atoms with Crippen LogP contribution in [-0.4, -0.2) is 136 Å². The zero-order chi connectivity index (χ0) is 44.9. The normalized spacial score (nSPS) is 16.7. The first-order valence-electron chi connectivity index (χ1n) is 21.8. The minimum Gasteiger partial charge on any atom is -0.356 e. The van der Waals surface area contributed by atoms with Crippen molar-refractivity contribution in [1.29, 1.82) is 0 Å². The highest BCUT2D eigenvalue weighted by atomic mass is 35.5. The number of pyridine rings is 1. The fourth-order valence-corrected chi connectivity index (χ4v) is 8.33. The van der Waals surface area contributed by atoms with Crippen LogP contribution < -0.4 is 42.9 Å². The Morgan fingerprint density at radius 2 is 1.69 bits per heavy atom. The molecule has 6 heterocycles. The minimum absolute atomic E-state index is 0.0239. The van der Waals surface area contributed by atoms with Gasteiger partial charge in [0.2, 0.25) is 17.7 Å². The summed E-state index contributed by atoms with van der Waals surface area (Å²) in [6.07, 6.45) is 11.3. The van der Waals surface area contributed by atoms with Crippen molar-refractivity contribution in [2.45, 2.75) is 56.5 Å². The highest BCUT2D eigenvalue weighted by molar-refractivity contribution is 6.32. The number of unbranched alkanes of at least 4 members (excludes halogenated alkanes) is 2. The second-order valence-electron chi connectivity index (χ2n) is 16.3. The van der Waals surface area contributed by atoms with Crippen molar-refractivity contribution >= 4 is 69.4 Å².